The minimum Gasteiger partial charge on any atom is -0.391 e. The van der Waals surface area contributed by atoms with E-state index in [1.165, 1.54) is 0 Å². The van der Waals surface area contributed by atoms with Gasteiger partial charge in [0.15, 0.2) is 5.82 Å². The number of carbonyl (C=O) groups is 1. The van der Waals surface area contributed by atoms with E-state index >= 15 is 0 Å². The summed E-state index contributed by atoms with van der Waals surface area (Å²) < 4.78 is 0. The molecule has 0 bridgehead atoms. The van der Waals surface area contributed by atoms with Crippen molar-refractivity contribution in [1.29, 1.82) is 0 Å². The second-order valence-electron chi connectivity index (χ2n) is 6.62. The number of amides is 1. The van der Waals surface area contributed by atoms with Crippen LogP contribution in [0.5, 0.6) is 0 Å². The molecular weight excluding hydrogens is 318 g/mol. The number of aliphatic hydroxyl groups is 1. The lowest BCUT2D eigenvalue weighted by Crippen LogP contribution is -2.36. The maximum Gasteiger partial charge on any atom is 0.219 e. The monoisotopic (exact) mass is 339 g/mol. The van der Waals surface area contributed by atoms with Crippen molar-refractivity contribution in [1.82, 2.24) is 19.9 Å². The summed E-state index contributed by atoms with van der Waals surface area (Å²) in [7, 11) is 0. The molecule has 2 aliphatic rings. The standard InChI is InChI=1S/C18H21N5O2/c1-12(24)22-8-5-15-16(11-22)20-17(13-3-2-6-19-9-13)21-18(15)23-7-4-14(25)10-23/h2-3,6,9,14,25H,4-5,7-8,10-11H2,1H3/t14-/m0/s1. The lowest BCUT2D eigenvalue weighted by Gasteiger charge is -2.30. The molecule has 1 fully saturated rings. The lowest BCUT2D eigenvalue weighted by atomic mass is 10.0. The molecule has 4 rings (SSSR count). The first-order chi connectivity index (χ1) is 12.1. The van der Waals surface area contributed by atoms with E-state index < -0.39 is 0 Å². The molecule has 7 heteroatoms. The van der Waals surface area contributed by atoms with Gasteiger partial charge in [-0.25, -0.2) is 9.97 Å². The molecule has 1 amide bonds. The van der Waals surface area contributed by atoms with Crippen molar-refractivity contribution in [2.75, 3.05) is 24.5 Å². The molecular formula is C18H21N5O2. The number of anilines is 1. The Hall–Kier alpha value is -2.54. The van der Waals surface area contributed by atoms with Crippen molar-refractivity contribution in [2.24, 2.45) is 0 Å². The van der Waals surface area contributed by atoms with Crippen LogP contribution in [0.1, 0.15) is 24.6 Å². The third-order valence-corrected chi connectivity index (χ3v) is 4.87. The normalized spacial score (nSPS) is 19.8. The zero-order chi connectivity index (χ0) is 17.4. The van der Waals surface area contributed by atoms with E-state index in [4.69, 9.17) is 9.97 Å². The second-order valence-corrected chi connectivity index (χ2v) is 6.62. The van der Waals surface area contributed by atoms with E-state index in [2.05, 4.69) is 9.88 Å². The SMILES string of the molecule is CC(=O)N1CCc2c(nc(-c3cccnc3)nc2N2CC[C@H](O)C2)C1. The summed E-state index contributed by atoms with van der Waals surface area (Å²) in [5.41, 5.74) is 2.84. The first-order valence-electron chi connectivity index (χ1n) is 8.60. The van der Waals surface area contributed by atoms with Crippen LogP contribution in [0.4, 0.5) is 5.82 Å². The van der Waals surface area contributed by atoms with Crippen LogP contribution in [0.15, 0.2) is 24.5 Å². The Bertz CT molecular complexity index is 796. The average Bonchev–Trinajstić information content (AvgIpc) is 3.07. The molecule has 25 heavy (non-hydrogen) atoms. The van der Waals surface area contributed by atoms with Crippen LogP contribution in [0, 0.1) is 0 Å². The Morgan fingerprint density at radius 3 is 2.88 bits per heavy atom. The fourth-order valence-electron chi connectivity index (χ4n) is 3.50. The summed E-state index contributed by atoms with van der Waals surface area (Å²) in [5, 5.41) is 9.92. The molecule has 2 aromatic heterocycles. The molecule has 2 aromatic rings. The van der Waals surface area contributed by atoms with Gasteiger partial charge in [-0.05, 0) is 25.0 Å². The van der Waals surface area contributed by atoms with Crippen LogP contribution in [-0.2, 0) is 17.8 Å². The number of carbonyl (C=O) groups excluding carboxylic acids is 1. The Kier molecular flexibility index (Phi) is 4.09. The third-order valence-electron chi connectivity index (χ3n) is 4.87. The molecule has 0 spiro atoms. The van der Waals surface area contributed by atoms with Gasteiger partial charge in [0.25, 0.3) is 0 Å². The van der Waals surface area contributed by atoms with Crippen LogP contribution < -0.4 is 4.90 Å². The summed E-state index contributed by atoms with van der Waals surface area (Å²) in [5.74, 6) is 1.57. The molecule has 0 unspecified atom stereocenters. The van der Waals surface area contributed by atoms with Crippen LogP contribution >= 0.6 is 0 Å². The number of pyridine rings is 1. The highest BCUT2D eigenvalue weighted by atomic mass is 16.3. The van der Waals surface area contributed by atoms with E-state index in [1.807, 2.05) is 17.0 Å². The number of aromatic nitrogens is 3. The van der Waals surface area contributed by atoms with Gasteiger partial charge in [0.05, 0.1) is 18.3 Å². The van der Waals surface area contributed by atoms with Crippen LogP contribution in [0.25, 0.3) is 11.4 Å². The molecule has 4 heterocycles. The van der Waals surface area contributed by atoms with Crippen LogP contribution in [0.2, 0.25) is 0 Å². The van der Waals surface area contributed by atoms with Crippen molar-refractivity contribution in [3.8, 4) is 11.4 Å². The summed E-state index contributed by atoms with van der Waals surface area (Å²) in [6, 6.07) is 3.79. The fraction of sp³-hybridized carbons (Fsp3) is 0.444. The molecule has 1 N–H and O–H groups in total. The molecule has 2 aliphatic heterocycles. The van der Waals surface area contributed by atoms with E-state index in [1.54, 1.807) is 19.3 Å². The highest BCUT2D eigenvalue weighted by molar-refractivity contribution is 5.74. The van der Waals surface area contributed by atoms with Gasteiger partial charge in [0, 0.05) is 50.1 Å². The maximum absolute atomic E-state index is 11.8. The van der Waals surface area contributed by atoms with E-state index in [0.717, 1.165) is 42.0 Å². The zero-order valence-corrected chi connectivity index (χ0v) is 14.2. The predicted molar refractivity (Wildman–Crippen MR) is 92.9 cm³/mol. The van der Waals surface area contributed by atoms with Crippen LogP contribution in [0.3, 0.4) is 0 Å². The summed E-state index contributed by atoms with van der Waals surface area (Å²) >= 11 is 0. The molecule has 1 atom stereocenters. The molecule has 0 aliphatic carbocycles. The van der Waals surface area contributed by atoms with Gasteiger partial charge in [-0.3, -0.25) is 9.78 Å². The van der Waals surface area contributed by atoms with Crippen molar-refractivity contribution in [3.63, 3.8) is 0 Å². The highest BCUT2D eigenvalue weighted by Gasteiger charge is 2.29. The van der Waals surface area contributed by atoms with Gasteiger partial charge in [0.2, 0.25) is 5.91 Å². The second kappa shape index (κ2) is 6.40. The Labute approximate surface area is 146 Å². The van der Waals surface area contributed by atoms with Gasteiger partial charge in [-0.2, -0.15) is 0 Å². The van der Waals surface area contributed by atoms with Crippen molar-refractivity contribution < 1.29 is 9.90 Å². The average molecular weight is 339 g/mol. The van der Waals surface area contributed by atoms with Gasteiger partial charge >= 0.3 is 0 Å². The van der Waals surface area contributed by atoms with E-state index in [-0.39, 0.29) is 12.0 Å². The minimum atomic E-state index is -0.315. The van der Waals surface area contributed by atoms with Gasteiger partial charge in [0.1, 0.15) is 5.82 Å². The summed E-state index contributed by atoms with van der Waals surface area (Å²) in [6.45, 7) is 4.15. The van der Waals surface area contributed by atoms with Gasteiger partial charge in [-0.1, -0.05) is 0 Å². The number of nitrogens with zero attached hydrogens (tertiary/aromatic N) is 5. The molecule has 0 aromatic carbocycles. The van der Waals surface area contributed by atoms with Gasteiger partial charge < -0.3 is 14.9 Å². The topological polar surface area (TPSA) is 82.5 Å². The third kappa shape index (κ3) is 3.07. The maximum atomic E-state index is 11.8. The quantitative estimate of drug-likeness (QED) is 0.879. The Morgan fingerprint density at radius 2 is 2.20 bits per heavy atom. The smallest absolute Gasteiger partial charge is 0.219 e. The predicted octanol–water partition coefficient (Wildman–Crippen LogP) is 1.01. The Morgan fingerprint density at radius 1 is 1.32 bits per heavy atom. The molecule has 0 saturated carbocycles. The van der Waals surface area contributed by atoms with Gasteiger partial charge in [-0.15, -0.1) is 0 Å². The summed E-state index contributed by atoms with van der Waals surface area (Å²) in [4.78, 5) is 29.4. The number of β-amino-alcohol motifs (C(OH)–C–C–N with tert-alkyl or cyclic N) is 1. The number of hydrogen-bond acceptors (Lipinski definition) is 6. The number of aliphatic hydroxyl groups excluding tert-OH is 1. The molecule has 7 nitrogen and oxygen atoms in total. The van der Waals surface area contributed by atoms with E-state index in [0.29, 0.717) is 25.5 Å². The molecule has 1 saturated heterocycles. The molecule has 0 radical (unpaired) electrons. The fourth-order valence-corrected chi connectivity index (χ4v) is 3.50. The Balaban J connectivity index is 1.80. The van der Waals surface area contributed by atoms with Crippen molar-refractivity contribution in [2.45, 2.75) is 32.4 Å². The van der Waals surface area contributed by atoms with Crippen molar-refractivity contribution >= 4 is 11.7 Å². The first kappa shape index (κ1) is 16.0. The first-order valence-corrected chi connectivity index (χ1v) is 8.60. The van der Waals surface area contributed by atoms with Crippen molar-refractivity contribution in [3.05, 3.63) is 35.8 Å². The van der Waals surface area contributed by atoms with Crippen LogP contribution in [-0.4, -0.2) is 56.6 Å². The number of rotatable bonds is 2. The number of fused-ring (bicyclic) bond motifs is 1. The largest absolute Gasteiger partial charge is 0.391 e. The number of hydrogen-bond donors (Lipinski definition) is 1. The molecule has 130 valence electrons. The zero-order valence-electron chi connectivity index (χ0n) is 14.2. The van der Waals surface area contributed by atoms with E-state index in [9.17, 15) is 9.90 Å². The summed E-state index contributed by atoms with van der Waals surface area (Å²) in [6.07, 6.45) is 4.64. The minimum absolute atomic E-state index is 0.0605. The lowest BCUT2D eigenvalue weighted by molar-refractivity contribution is -0.129. The highest BCUT2D eigenvalue weighted by Crippen LogP contribution is 2.31.